The van der Waals surface area contributed by atoms with Gasteiger partial charge >= 0.3 is 0 Å². The Hall–Kier alpha value is -1.45. The summed E-state index contributed by atoms with van der Waals surface area (Å²) >= 11 is 0. The summed E-state index contributed by atoms with van der Waals surface area (Å²) in [4.78, 5) is 14.5. The highest BCUT2D eigenvalue weighted by atomic mass is 16.2. The van der Waals surface area contributed by atoms with Gasteiger partial charge in [0.2, 0.25) is 0 Å². The van der Waals surface area contributed by atoms with Crippen molar-refractivity contribution < 1.29 is 4.79 Å². The van der Waals surface area contributed by atoms with E-state index in [1.807, 2.05) is 16.5 Å². The van der Waals surface area contributed by atoms with Gasteiger partial charge in [0, 0.05) is 26.3 Å². The topological polar surface area (TPSA) is 51.3 Å². The van der Waals surface area contributed by atoms with Crippen molar-refractivity contribution in [2.45, 2.75) is 38.5 Å². The zero-order valence-electron chi connectivity index (χ0n) is 11.7. The molecule has 1 spiro atoms. The maximum absolute atomic E-state index is 12.5. The van der Waals surface area contributed by atoms with Crippen molar-refractivity contribution >= 4 is 11.6 Å². The monoisotopic (exact) mass is 261 g/mol. The van der Waals surface area contributed by atoms with Crippen LogP contribution < -0.4 is 5.73 Å². The van der Waals surface area contributed by atoms with Crippen LogP contribution in [0.25, 0.3) is 0 Å². The number of piperidine rings is 1. The van der Waals surface area contributed by atoms with E-state index in [4.69, 9.17) is 5.73 Å². The molecule has 0 aromatic carbocycles. The number of likely N-dealkylation sites (tertiary alicyclic amines) is 1. The van der Waals surface area contributed by atoms with Gasteiger partial charge in [-0.05, 0) is 37.2 Å². The summed E-state index contributed by atoms with van der Waals surface area (Å²) in [6.07, 6.45) is 9.65. The van der Waals surface area contributed by atoms with Gasteiger partial charge in [-0.25, -0.2) is 0 Å². The van der Waals surface area contributed by atoms with Gasteiger partial charge in [0.1, 0.15) is 5.69 Å². The number of aromatic nitrogens is 1. The third kappa shape index (κ3) is 2.24. The van der Waals surface area contributed by atoms with E-state index in [1.165, 1.54) is 38.5 Å². The first-order valence-corrected chi connectivity index (χ1v) is 7.31. The molecule has 2 aliphatic rings. The number of carbonyl (C=O) groups is 1. The summed E-state index contributed by atoms with van der Waals surface area (Å²) in [6.45, 7) is 1.81. The van der Waals surface area contributed by atoms with E-state index in [0.29, 0.717) is 16.8 Å². The standard InChI is InChI=1S/C15H23N3O/c1-17-11-12(16)10-13(17)14(19)18-8-6-15(7-9-18)4-2-3-5-15/h10-11H,2-9,16H2,1H3. The number of nitrogen functional groups attached to an aromatic ring is 1. The summed E-state index contributed by atoms with van der Waals surface area (Å²) in [7, 11) is 1.88. The second-order valence-electron chi connectivity index (χ2n) is 6.27. The molecule has 1 aromatic heterocycles. The molecule has 1 saturated carbocycles. The molecule has 0 radical (unpaired) electrons. The fraction of sp³-hybridized carbons (Fsp3) is 0.667. The van der Waals surface area contributed by atoms with Crippen molar-refractivity contribution in [2.75, 3.05) is 18.8 Å². The molecule has 0 bridgehead atoms. The normalized spacial score (nSPS) is 22.1. The predicted octanol–water partition coefficient (Wildman–Crippen LogP) is 2.40. The average Bonchev–Trinajstić information content (AvgIpc) is 2.97. The zero-order valence-corrected chi connectivity index (χ0v) is 11.7. The third-order valence-corrected chi connectivity index (χ3v) is 5.02. The van der Waals surface area contributed by atoms with Gasteiger partial charge in [0.05, 0.1) is 5.69 Å². The summed E-state index contributed by atoms with van der Waals surface area (Å²) < 4.78 is 1.83. The lowest BCUT2D eigenvalue weighted by atomic mass is 9.77. The van der Waals surface area contributed by atoms with Gasteiger partial charge in [-0.15, -0.1) is 0 Å². The minimum atomic E-state index is 0.132. The summed E-state index contributed by atoms with van der Waals surface area (Å²) in [6, 6.07) is 1.78. The molecule has 2 heterocycles. The average molecular weight is 261 g/mol. The van der Waals surface area contributed by atoms with Crippen LogP contribution in [-0.4, -0.2) is 28.5 Å². The second-order valence-corrected chi connectivity index (χ2v) is 6.27. The Morgan fingerprint density at radius 2 is 1.84 bits per heavy atom. The molecule has 1 aliphatic carbocycles. The lowest BCUT2D eigenvalue weighted by Crippen LogP contribution is -2.42. The maximum atomic E-state index is 12.5. The molecule has 4 heteroatoms. The van der Waals surface area contributed by atoms with Crippen molar-refractivity contribution in [3.63, 3.8) is 0 Å². The van der Waals surface area contributed by atoms with E-state index in [9.17, 15) is 4.79 Å². The Labute approximate surface area is 114 Å². The molecule has 1 saturated heterocycles. The van der Waals surface area contributed by atoms with Crippen LogP contribution in [0.2, 0.25) is 0 Å². The van der Waals surface area contributed by atoms with E-state index in [0.717, 1.165) is 13.1 Å². The quantitative estimate of drug-likeness (QED) is 0.844. The van der Waals surface area contributed by atoms with Gasteiger partial charge in [-0.3, -0.25) is 4.79 Å². The van der Waals surface area contributed by atoms with Crippen LogP contribution in [-0.2, 0) is 7.05 Å². The minimum absolute atomic E-state index is 0.132. The number of nitrogens with zero attached hydrogens (tertiary/aromatic N) is 2. The van der Waals surface area contributed by atoms with E-state index >= 15 is 0 Å². The largest absolute Gasteiger partial charge is 0.397 e. The fourth-order valence-corrected chi connectivity index (χ4v) is 3.77. The smallest absolute Gasteiger partial charge is 0.270 e. The van der Waals surface area contributed by atoms with Crippen LogP contribution in [0.1, 0.15) is 49.0 Å². The molecular formula is C15H23N3O. The van der Waals surface area contributed by atoms with Crippen molar-refractivity contribution in [3.8, 4) is 0 Å². The molecule has 2 N–H and O–H groups in total. The lowest BCUT2D eigenvalue weighted by molar-refractivity contribution is 0.0578. The van der Waals surface area contributed by atoms with E-state index in [2.05, 4.69) is 0 Å². The number of hydrogen-bond acceptors (Lipinski definition) is 2. The van der Waals surface area contributed by atoms with E-state index in [1.54, 1.807) is 12.3 Å². The number of rotatable bonds is 1. The second kappa shape index (κ2) is 4.58. The molecule has 0 atom stereocenters. The highest BCUT2D eigenvalue weighted by Crippen LogP contribution is 2.46. The molecule has 1 aromatic rings. The number of hydrogen-bond donors (Lipinski definition) is 1. The van der Waals surface area contributed by atoms with Crippen LogP contribution in [0, 0.1) is 5.41 Å². The number of aryl methyl sites for hydroxylation is 1. The van der Waals surface area contributed by atoms with Gasteiger partial charge < -0.3 is 15.2 Å². The van der Waals surface area contributed by atoms with Gasteiger partial charge in [-0.2, -0.15) is 0 Å². The number of amides is 1. The highest BCUT2D eigenvalue weighted by Gasteiger charge is 2.38. The van der Waals surface area contributed by atoms with Crippen LogP contribution in [0.5, 0.6) is 0 Å². The van der Waals surface area contributed by atoms with Crippen LogP contribution >= 0.6 is 0 Å². The molecule has 3 rings (SSSR count). The Bertz CT molecular complexity index is 476. The molecule has 2 fully saturated rings. The summed E-state index contributed by atoms with van der Waals surface area (Å²) in [5, 5.41) is 0. The van der Waals surface area contributed by atoms with Crippen LogP contribution in [0.4, 0.5) is 5.69 Å². The van der Waals surface area contributed by atoms with Gasteiger partial charge in [-0.1, -0.05) is 12.8 Å². The number of carbonyl (C=O) groups excluding carboxylic acids is 1. The predicted molar refractivity (Wildman–Crippen MR) is 75.9 cm³/mol. The maximum Gasteiger partial charge on any atom is 0.270 e. The number of nitrogens with two attached hydrogens (primary N) is 1. The summed E-state index contributed by atoms with van der Waals surface area (Å²) in [5.74, 6) is 0.132. The molecule has 19 heavy (non-hydrogen) atoms. The minimum Gasteiger partial charge on any atom is -0.397 e. The van der Waals surface area contributed by atoms with Crippen molar-refractivity contribution in [1.29, 1.82) is 0 Å². The van der Waals surface area contributed by atoms with Gasteiger partial charge in [0.15, 0.2) is 0 Å². The van der Waals surface area contributed by atoms with Gasteiger partial charge in [0.25, 0.3) is 5.91 Å². The van der Waals surface area contributed by atoms with Crippen LogP contribution in [0.3, 0.4) is 0 Å². The first-order chi connectivity index (χ1) is 9.10. The zero-order chi connectivity index (χ0) is 13.5. The Kier molecular flexibility index (Phi) is 3.03. The van der Waals surface area contributed by atoms with Crippen molar-refractivity contribution in [1.82, 2.24) is 9.47 Å². The van der Waals surface area contributed by atoms with E-state index in [-0.39, 0.29) is 5.91 Å². The SMILES string of the molecule is Cn1cc(N)cc1C(=O)N1CCC2(CCCC2)CC1. The third-order valence-electron chi connectivity index (χ3n) is 5.02. The van der Waals surface area contributed by atoms with E-state index < -0.39 is 0 Å². The molecule has 1 amide bonds. The molecule has 1 aliphatic heterocycles. The fourth-order valence-electron chi connectivity index (χ4n) is 3.77. The first kappa shape index (κ1) is 12.6. The van der Waals surface area contributed by atoms with Crippen molar-refractivity contribution in [2.24, 2.45) is 12.5 Å². The van der Waals surface area contributed by atoms with Crippen LogP contribution in [0.15, 0.2) is 12.3 Å². The number of anilines is 1. The highest BCUT2D eigenvalue weighted by molar-refractivity contribution is 5.93. The Morgan fingerprint density at radius 3 is 2.37 bits per heavy atom. The summed E-state index contributed by atoms with van der Waals surface area (Å²) in [5.41, 5.74) is 7.68. The first-order valence-electron chi connectivity index (χ1n) is 7.31. The molecule has 4 nitrogen and oxygen atoms in total. The Balaban J connectivity index is 1.68. The molecule has 0 unspecified atom stereocenters. The lowest BCUT2D eigenvalue weighted by Gasteiger charge is -2.39. The molecule has 104 valence electrons. The Morgan fingerprint density at radius 1 is 1.21 bits per heavy atom. The van der Waals surface area contributed by atoms with Crippen molar-refractivity contribution in [3.05, 3.63) is 18.0 Å². The molecular weight excluding hydrogens is 238 g/mol.